The van der Waals surface area contributed by atoms with Crippen LogP contribution in [0.5, 0.6) is 5.75 Å². The molecule has 4 rings (SSSR count). The Morgan fingerprint density at radius 1 is 1.22 bits per heavy atom. The van der Waals surface area contributed by atoms with Crippen molar-refractivity contribution < 1.29 is 19.1 Å². The lowest BCUT2D eigenvalue weighted by molar-refractivity contribution is -0.113. The average molecular weight is 527 g/mol. The van der Waals surface area contributed by atoms with Crippen LogP contribution in [0, 0.1) is 13.8 Å². The lowest BCUT2D eigenvalue weighted by atomic mass is 10.1. The molecule has 1 saturated carbocycles. The van der Waals surface area contributed by atoms with Crippen LogP contribution in [0.4, 0.5) is 5.00 Å². The van der Waals surface area contributed by atoms with Gasteiger partial charge in [-0.05, 0) is 69.4 Å². The summed E-state index contributed by atoms with van der Waals surface area (Å²) in [6, 6.07) is 7.88. The standard InChI is InChI=1S/C26H30N4O4S2/c1-5-14-30-23(18-10-12-20(13-11-18)34-19-8-6-7-9-19)28-29-26(30)35-15-21(31)27-24-22(25(32)33-4)16(2)17(3)36-24/h5,10-13,19H,1,6-9,14-15H2,2-4H3,(H,27,31). The minimum atomic E-state index is -0.463. The SMILES string of the molecule is C=CCn1c(SCC(=O)Nc2sc(C)c(C)c2C(=O)OC)nnc1-c1ccc(OC2CCCC2)cc1. The quantitative estimate of drug-likeness (QED) is 0.207. The molecule has 1 aliphatic carbocycles. The van der Waals surface area contributed by atoms with E-state index in [1.165, 1.54) is 43.1 Å². The van der Waals surface area contributed by atoms with Crippen molar-refractivity contribution >= 4 is 40.0 Å². The number of nitrogens with zero attached hydrogens (tertiary/aromatic N) is 3. The van der Waals surface area contributed by atoms with E-state index in [1.807, 2.05) is 42.7 Å². The maximum atomic E-state index is 12.7. The van der Waals surface area contributed by atoms with Gasteiger partial charge in [0.1, 0.15) is 10.8 Å². The zero-order chi connectivity index (χ0) is 25.7. The van der Waals surface area contributed by atoms with Gasteiger partial charge >= 0.3 is 5.97 Å². The van der Waals surface area contributed by atoms with E-state index in [4.69, 9.17) is 9.47 Å². The summed E-state index contributed by atoms with van der Waals surface area (Å²) in [4.78, 5) is 25.9. The van der Waals surface area contributed by atoms with Gasteiger partial charge in [-0.15, -0.1) is 28.1 Å². The fourth-order valence-electron chi connectivity index (χ4n) is 4.14. The summed E-state index contributed by atoms with van der Waals surface area (Å²) in [6.07, 6.45) is 6.75. The second-order valence-corrected chi connectivity index (χ2v) is 10.7. The molecule has 0 radical (unpaired) electrons. The Labute approximate surface area is 219 Å². The predicted octanol–water partition coefficient (Wildman–Crippen LogP) is 5.65. The Morgan fingerprint density at radius 2 is 1.94 bits per heavy atom. The first-order chi connectivity index (χ1) is 17.4. The highest BCUT2D eigenvalue weighted by Gasteiger charge is 2.22. The van der Waals surface area contributed by atoms with Crippen LogP contribution < -0.4 is 10.1 Å². The molecule has 0 unspecified atom stereocenters. The van der Waals surface area contributed by atoms with Crippen molar-refractivity contribution in [2.24, 2.45) is 0 Å². The number of amides is 1. The Bertz CT molecular complexity index is 1240. The number of hydrogen-bond acceptors (Lipinski definition) is 8. The highest BCUT2D eigenvalue weighted by atomic mass is 32.2. The molecular weight excluding hydrogens is 496 g/mol. The molecule has 8 nitrogen and oxygen atoms in total. The molecule has 36 heavy (non-hydrogen) atoms. The lowest BCUT2D eigenvalue weighted by Crippen LogP contribution is -2.16. The number of hydrogen-bond donors (Lipinski definition) is 1. The smallest absolute Gasteiger partial charge is 0.341 e. The van der Waals surface area contributed by atoms with Gasteiger partial charge in [0.2, 0.25) is 5.91 Å². The van der Waals surface area contributed by atoms with Gasteiger partial charge in [0.05, 0.1) is 24.5 Å². The topological polar surface area (TPSA) is 95.3 Å². The number of anilines is 1. The molecule has 0 bridgehead atoms. The van der Waals surface area contributed by atoms with E-state index in [9.17, 15) is 9.59 Å². The van der Waals surface area contributed by atoms with Crippen LogP contribution in [-0.2, 0) is 16.1 Å². The van der Waals surface area contributed by atoms with Crippen LogP contribution in [0.2, 0.25) is 0 Å². The number of carbonyl (C=O) groups excluding carboxylic acids is 2. The number of carbonyl (C=O) groups is 2. The van der Waals surface area contributed by atoms with Crippen molar-refractivity contribution in [2.75, 3.05) is 18.2 Å². The zero-order valence-corrected chi connectivity index (χ0v) is 22.3. The summed E-state index contributed by atoms with van der Waals surface area (Å²) in [7, 11) is 1.33. The number of aromatic nitrogens is 3. The molecule has 190 valence electrons. The van der Waals surface area contributed by atoms with Crippen LogP contribution in [0.25, 0.3) is 11.4 Å². The van der Waals surface area contributed by atoms with E-state index in [1.54, 1.807) is 6.08 Å². The third-order valence-corrected chi connectivity index (χ3v) is 8.20. The minimum absolute atomic E-state index is 0.111. The van der Waals surface area contributed by atoms with Crippen molar-refractivity contribution in [3.8, 4) is 17.1 Å². The highest BCUT2D eigenvalue weighted by Crippen LogP contribution is 2.33. The second-order valence-electron chi connectivity index (χ2n) is 8.57. The van der Waals surface area contributed by atoms with Crippen LogP contribution in [0.3, 0.4) is 0 Å². The van der Waals surface area contributed by atoms with Crippen LogP contribution in [0.15, 0.2) is 42.1 Å². The van der Waals surface area contributed by atoms with Gasteiger partial charge in [-0.2, -0.15) is 0 Å². The molecule has 0 aliphatic heterocycles. The summed E-state index contributed by atoms with van der Waals surface area (Å²) in [5.41, 5.74) is 2.12. The van der Waals surface area contributed by atoms with Gasteiger partial charge < -0.3 is 14.8 Å². The molecule has 1 amide bonds. The minimum Gasteiger partial charge on any atom is -0.490 e. The Balaban J connectivity index is 1.44. The van der Waals surface area contributed by atoms with Crippen molar-refractivity contribution in [3.05, 3.63) is 52.9 Å². The van der Waals surface area contributed by atoms with Gasteiger partial charge in [0, 0.05) is 17.0 Å². The van der Waals surface area contributed by atoms with Crippen LogP contribution >= 0.6 is 23.1 Å². The largest absolute Gasteiger partial charge is 0.490 e. The molecule has 1 fully saturated rings. The van der Waals surface area contributed by atoms with E-state index in [0.29, 0.717) is 34.2 Å². The predicted molar refractivity (Wildman–Crippen MR) is 143 cm³/mol. The molecule has 1 aromatic carbocycles. The molecule has 2 aromatic heterocycles. The number of allylic oxidation sites excluding steroid dienone is 1. The molecule has 1 aliphatic rings. The third kappa shape index (κ3) is 5.82. The summed E-state index contributed by atoms with van der Waals surface area (Å²) >= 11 is 2.64. The van der Waals surface area contributed by atoms with Gasteiger partial charge in [-0.25, -0.2) is 4.79 Å². The lowest BCUT2D eigenvalue weighted by Gasteiger charge is -2.13. The molecule has 3 aromatic rings. The number of thiophene rings is 1. The first kappa shape index (κ1) is 26.0. The maximum absolute atomic E-state index is 12.7. The van der Waals surface area contributed by atoms with Gasteiger partial charge in [-0.1, -0.05) is 17.8 Å². The van der Waals surface area contributed by atoms with E-state index in [-0.39, 0.29) is 11.7 Å². The average Bonchev–Trinajstić information content (AvgIpc) is 3.59. The molecule has 1 N–H and O–H groups in total. The summed E-state index contributed by atoms with van der Waals surface area (Å²) in [5.74, 6) is 0.962. The molecular formula is C26H30N4O4S2. The van der Waals surface area contributed by atoms with Crippen molar-refractivity contribution in [1.29, 1.82) is 0 Å². The summed E-state index contributed by atoms with van der Waals surface area (Å²) in [6.45, 7) is 8.10. The van der Waals surface area contributed by atoms with Gasteiger partial charge in [-0.3, -0.25) is 9.36 Å². The Hall–Kier alpha value is -3.11. The van der Waals surface area contributed by atoms with Crippen LogP contribution in [-0.4, -0.2) is 45.6 Å². The summed E-state index contributed by atoms with van der Waals surface area (Å²) in [5, 5.41) is 12.6. The van der Waals surface area contributed by atoms with E-state index >= 15 is 0 Å². The molecule has 0 atom stereocenters. The molecule has 2 heterocycles. The van der Waals surface area contributed by atoms with Crippen molar-refractivity contribution in [3.63, 3.8) is 0 Å². The van der Waals surface area contributed by atoms with Crippen LogP contribution in [0.1, 0.15) is 46.5 Å². The molecule has 10 heteroatoms. The third-order valence-electron chi connectivity index (χ3n) is 6.11. The molecule has 0 saturated heterocycles. The maximum Gasteiger partial charge on any atom is 0.341 e. The van der Waals surface area contributed by atoms with E-state index in [2.05, 4.69) is 22.1 Å². The van der Waals surface area contributed by atoms with Gasteiger partial charge in [0.15, 0.2) is 11.0 Å². The number of rotatable bonds is 10. The van der Waals surface area contributed by atoms with Crippen molar-refractivity contribution in [1.82, 2.24) is 14.8 Å². The van der Waals surface area contributed by atoms with E-state index in [0.717, 1.165) is 34.6 Å². The highest BCUT2D eigenvalue weighted by molar-refractivity contribution is 7.99. The molecule has 0 spiro atoms. The van der Waals surface area contributed by atoms with E-state index < -0.39 is 5.97 Å². The number of esters is 1. The monoisotopic (exact) mass is 526 g/mol. The fourth-order valence-corrected chi connectivity index (χ4v) is 5.95. The Morgan fingerprint density at radius 3 is 2.61 bits per heavy atom. The van der Waals surface area contributed by atoms with Gasteiger partial charge in [0.25, 0.3) is 0 Å². The zero-order valence-electron chi connectivity index (χ0n) is 20.7. The second kappa shape index (κ2) is 11.7. The first-order valence-electron chi connectivity index (χ1n) is 11.8. The number of thioether (sulfide) groups is 1. The number of aryl methyl sites for hydroxylation is 1. The first-order valence-corrected chi connectivity index (χ1v) is 13.6. The number of ether oxygens (including phenoxy) is 2. The normalized spacial score (nSPS) is 13.5. The number of benzene rings is 1. The summed E-state index contributed by atoms with van der Waals surface area (Å²) < 4.78 is 12.9. The fraction of sp³-hybridized carbons (Fsp3) is 0.385. The Kier molecular flexibility index (Phi) is 8.48. The number of methoxy groups -OCH3 is 1. The van der Waals surface area contributed by atoms with Crippen molar-refractivity contribution in [2.45, 2.75) is 57.3 Å². The number of nitrogens with one attached hydrogen (secondary N) is 1.